The summed E-state index contributed by atoms with van der Waals surface area (Å²) in [4.78, 5) is 23.8. The van der Waals surface area contributed by atoms with Crippen LogP contribution in [0.2, 0.25) is 0 Å². The van der Waals surface area contributed by atoms with Gasteiger partial charge in [-0.1, -0.05) is 6.07 Å². The molecular weight excluding hydrogens is 363 g/mol. The van der Waals surface area contributed by atoms with E-state index >= 15 is 0 Å². The van der Waals surface area contributed by atoms with E-state index in [-0.39, 0.29) is 17.8 Å². The van der Waals surface area contributed by atoms with Gasteiger partial charge in [-0.3, -0.25) is 9.59 Å². The maximum absolute atomic E-state index is 12.9. The lowest BCUT2D eigenvalue weighted by atomic mass is 10.2. The number of hydrogen-bond donors (Lipinski definition) is 1. The highest BCUT2D eigenvalue weighted by Gasteiger charge is 2.31. The van der Waals surface area contributed by atoms with Gasteiger partial charge in [0.25, 0.3) is 5.91 Å². The highest BCUT2D eigenvalue weighted by molar-refractivity contribution is 5.96. The molecule has 0 saturated heterocycles. The van der Waals surface area contributed by atoms with E-state index in [0.717, 1.165) is 25.0 Å². The van der Waals surface area contributed by atoms with E-state index < -0.39 is 23.6 Å². The highest BCUT2D eigenvalue weighted by atomic mass is 19.4. The van der Waals surface area contributed by atoms with Crippen LogP contribution in [0.1, 0.15) is 34.5 Å². The van der Waals surface area contributed by atoms with E-state index in [2.05, 4.69) is 10.4 Å². The van der Waals surface area contributed by atoms with Crippen LogP contribution in [0.3, 0.4) is 0 Å². The van der Waals surface area contributed by atoms with Crippen molar-refractivity contribution in [2.75, 3.05) is 13.2 Å². The first-order valence-corrected chi connectivity index (χ1v) is 8.42. The summed E-state index contributed by atoms with van der Waals surface area (Å²) >= 11 is 0. The van der Waals surface area contributed by atoms with Crippen LogP contribution < -0.4 is 5.32 Å². The van der Waals surface area contributed by atoms with Crippen molar-refractivity contribution in [2.24, 2.45) is 5.92 Å². The van der Waals surface area contributed by atoms with Gasteiger partial charge < -0.3 is 10.1 Å². The van der Waals surface area contributed by atoms with Crippen molar-refractivity contribution in [3.05, 3.63) is 47.3 Å². The zero-order valence-electron chi connectivity index (χ0n) is 14.5. The number of esters is 1. The van der Waals surface area contributed by atoms with Gasteiger partial charge in [0.1, 0.15) is 6.54 Å². The van der Waals surface area contributed by atoms with Crippen LogP contribution >= 0.6 is 0 Å². The second-order valence-electron chi connectivity index (χ2n) is 6.41. The molecule has 1 aliphatic rings. The standard InChI is InChI=1S/C18H18F3N3O3/c1-11-15(17(26)22-9-16(25)27-10-12-5-6-12)8-23-24(11)14-4-2-3-13(7-14)18(19,20)21/h2-4,7-8,12H,5-6,9-10H2,1H3,(H,22,26). The zero-order chi connectivity index (χ0) is 19.6. The lowest BCUT2D eigenvalue weighted by Crippen LogP contribution is -2.31. The smallest absolute Gasteiger partial charge is 0.416 e. The molecular formula is C18H18F3N3O3. The Hall–Kier alpha value is -2.84. The Balaban J connectivity index is 1.67. The second-order valence-corrected chi connectivity index (χ2v) is 6.41. The molecule has 3 rings (SSSR count). The van der Waals surface area contributed by atoms with Gasteiger partial charge in [-0.05, 0) is 43.9 Å². The van der Waals surface area contributed by atoms with E-state index in [1.165, 1.54) is 23.0 Å². The van der Waals surface area contributed by atoms with E-state index in [1.54, 1.807) is 6.92 Å². The summed E-state index contributed by atoms with van der Waals surface area (Å²) in [6.45, 7) is 1.65. The van der Waals surface area contributed by atoms with E-state index in [1.807, 2.05) is 0 Å². The topological polar surface area (TPSA) is 73.2 Å². The van der Waals surface area contributed by atoms with Crippen LogP contribution in [-0.4, -0.2) is 34.8 Å². The first-order valence-electron chi connectivity index (χ1n) is 8.42. The normalized spacial score (nSPS) is 14.1. The van der Waals surface area contributed by atoms with Crippen molar-refractivity contribution in [3.8, 4) is 5.69 Å². The number of rotatable bonds is 6. The van der Waals surface area contributed by atoms with Crippen LogP contribution in [0.25, 0.3) is 5.69 Å². The Morgan fingerprint density at radius 2 is 2.07 bits per heavy atom. The predicted molar refractivity (Wildman–Crippen MR) is 89.3 cm³/mol. The third kappa shape index (κ3) is 4.66. The van der Waals surface area contributed by atoms with Gasteiger partial charge in [-0.25, -0.2) is 4.68 Å². The van der Waals surface area contributed by atoms with Crippen LogP contribution in [-0.2, 0) is 15.7 Å². The molecule has 1 heterocycles. The maximum Gasteiger partial charge on any atom is 0.416 e. The molecule has 1 aromatic carbocycles. The number of alkyl halides is 3. The molecule has 1 aliphatic carbocycles. The quantitative estimate of drug-likeness (QED) is 0.781. The van der Waals surface area contributed by atoms with Gasteiger partial charge in [-0.15, -0.1) is 0 Å². The average Bonchev–Trinajstić information content (AvgIpc) is 3.38. The van der Waals surface area contributed by atoms with Crippen LogP contribution in [0.15, 0.2) is 30.5 Å². The molecule has 27 heavy (non-hydrogen) atoms. The Morgan fingerprint density at radius 1 is 1.33 bits per heavy atom. The fraction of sp³-hybridized carbons (Fsp3) is 0.389. The number of nitrogens with one attached hydrogen (secondary N) is 1. The van der Waals surface area contributed by atoms with Crippen molar-refractivity contribution < 1.29 is 27.5 Å². The molecule has 0 unspecified atom stereocenters. The molecule has 1 aromatic heterocycles. The molecule has 1 fully saturated rings. The molecule has 0 aliphatic heterocycles. The van der Waals surface area contributed by atoms with E-state index in [0.29, 0.717) is 18.2 Å². The number of carbonyl (C=O) groups is 2. The van der Waals surface area contributed by atoms with Crippen molar-refractivity contribution in [1.29, 1.82) is 0 Å². The molecule has 144 valence electrons. The van der Waals surface area contributed by atoms with E-state index in [4.69, 9.17) is 4.74 Å². The summed E-state index contributed by atoms with van der Waals surface area (Å²) in [5, 5.41) is 6.43. The lowest BCUT2D eigenvalue weighted by molar-refractivity contribution is -0.143. The second kappa shape index (κ2) is 7.42. The Kier molecular flexibility index (Phi) is 5.20. The monoisotopic (exact) mass is 381 g/mol. The third-order valence-electron chi connectivity index (χ3n) is 4.24. The van der Waals surface area contributed by atoms with Gasteiger partial charge in [0.05, 0.1) is 35.3 Å². The molecule has 0 radical (unpaired) electrons. The number of amides is 1. The van der Waals surface area contributed by atoms with Crippen molar-refractivity contribution in [2.45, 2.75) is 25.9 Å². The summed E-state index contributed by atoms with van der Waals surface area (Å²) in [6, 6.07) is 4.65. The molecule has 0 atom stereocenters. The fourth-order valence-electron chi connectivity index (χ4n) is 2.50. The molecule has 6 nitrogen and oxygen atoms in total. The van der Waals surface area contributed by atoms with Crippen molar-refractivity contribution in [3.63, 3.8) is 0 Å². The van der Waals surface area contributed by atoms with Crippen LogP contribution in [0.5, 0.6) is 0 Å². The molecule has 1 N–H and O–H groups in total. The third-order valence-corrected chi connectivity index (χ3v) is 4.24. The molecule has 1 saturated carbocycles. The van der Waals surface area contributed by atoms with Gasteiger partial charge in [0.15, 0.2) is 0 Å². The summed E-state index contributed by atoms with van der Waals surface area (Å²) in [5.41, 5.74) is -0.0925. The minimum absolute atomic E-state index is 0.169. The number of aromatic nitrogens is 2. The lowest BCUT2D eigenvalue weighted by Gasteiger charge is -2.10. The highest BCUT2D eigenvalue weighted by Crippen LogP contribution is 2.30. The minimum atomic E-state index is -4.47. The number of ether oxygens (including phenoxy) is 1. The zero-order valence-corrected chi connectivity index (χ0v) is 14.5. The van der Waals surface area contributed by atoms with Crippen LogP contribution in [0.4, 0.5) is 13.2 Å². The Labute approximate surface area is 153 Å². The summed E-state index contributed by atoms with van der Waals surface area (Å²) in [6.07, 6.45) is -1.13. The van der Waals surface area contributed by atoms with E-state index in [9.17, 15) is 22.8 Å². The molecule has 1 amide bonds. The Bertz CT molecular complexity index is 857. The van der Waals surface area contributed by atoms with Gasteiger partial charge in [0, 0.05) is 0 Å². The molecule has 2 aromatic rings. The van der Waals surface area contributed by atoms with Crippen molar-refractivity contribution >= 4 is 11.9 Å². The summed E-state index contributed by atoms with van der Waals surface area (Å²) < 4.78 is 44.9. The number of nitrogens with zero attached hydrogens (tertiary/aromatic N) is 2. The molecule has 9 heteroatoms. The summed E-state index contributed by atoms with van der Waals surface area (Å²) in [7, 11) is 0. The van der Waals surface area contributed by atoms with Gasteiger partial charge >= 0.3 is 12.1 Å². The van der Waals surface area contributed by atoms with Crippen molar-refractivity contribution in [1.82, 2.24) is 15.1 Å². The maximum atomic E-state index is 12.9. The number of halogens is 3. The molecule has 0 bridgehead atoms. The minimum Gasteiger partial charge on any atom is -0.464 e. The van der Waals surface area contributed by atoms with Gasteiger partial charge in [-0.2, -0.15) is 18.3 Å². The molecule has 0 spiro atoms. The number of benzene rings is 1. The first kappa shape index (κ1) is 18.9. The largest absolute Gasteiger partial charge is 0.464 e. The Morgan fingerprint density at radius 3 is 2.74 bits per heavy atom. The number of hydrogen-bond acceptors (Lipinski definition) is 4. The average molecular weight is 381 g/mol. The summed E-state index contributed by atoms with van der Waals surface area (Å²) in [5.74, 6) is -0.648. The first-order chi connectivity index (χ1) is 12.8. The van der Waals surface area contributed by atoms with Gasteiger partial charge in [0.2, 0.25) is 0 Å². The predicted octanol–water partition coefficient (Wildman–Crippen LogP) is 2.88. The number of carbonyl (C=O) groups excluding carboxylic acids is 2. The fourth-order valence-corrected chi connectivity index (χ4v) is 2.50. The SMILES string of the molecule is Cc1c(C(=O)NCC(=O)OCC2CC2)cnn1-c1cccc(C(F)(F)F)c1. The van der Waals surface area contributed by atoms with Crippen LogP contribution in [0, 0.1) is 12.8 Å².